The van der Waals surface area contributed by atoms with Crippen LogP contribution in [0.5, 0.6) is 5.88 Å². The predicted molar refractivity (Wildman–Crippen MR) is 111 cm³/mol. The summed E-state index contributed by atoms with van der Waals surface area (Å²) in [5, 5.41) is -0.478. The zero-order valence-electron chi connectivity index (χ0n) is 17.5. The van der Waals surface area contributed by atoms with E-state index in [9.17, 15) is 18.0 Å². The van der Waals surface area contributed by atoms with E-state index in [1.165, 1.54) is 18.3 Å². The minimum absolute atomic E-state index is 0.112. The number of pyridine rings is 1. The summed E-state index contributed by atoms with van der Waals surface area (Å²) in [6.45, 7) is 7.01. The summed E-state index contributed by atoms with van der Waals surface area (Å²) >= 11 is 6.27. The fourth-order valence-corrected chi connectivity index (χ4v) is 4.05. The summed E-state index contributed by atoms with van der Waals surface area (Å²) in [6.07, 6.45) is -3.41. The lowest BCUT2D eigenvalue weighted by Gasteiger charge is -2.33. The van der Waals surface area contributed by atoms with E-state index in [-0.39, 0.29) is 24.2 Å². The molecule has 0 aliphatic carbocycles. The van der Waals surface area contributed by atoms with Crippen molar-refractivity contribution in [2.24, 2.45) is 10.9 Å². The van der Waals surface area contributed by atoms with E-state index in [0.29, 0.717) is 17.0 Å². The van der Waals surface area contributed by atoms with Gasteiger partial charge in [-0.2, -0.15) is 13.2 Å². The number of carbonyl (C=O) groups is 1. The van der Waals surface area contributed by atoms with Crippen LogP contribution in [-0.2, 0) is 15.7 Å². The van der Waals surface area contributed by atoms with Gasteiger partial charge >= 0.3 is 12.1 Å². The number of carbonyl (C=O) groups excluding carboxylic acids is 1. The van der Waals surface area contributed by atoms with Crippen LogP contribution < -0.4 is 4.74 Å². The van der Waals surface area contributed by atoms with Gasteiger partial charge in [0, 0.05) is 23.4 Å². The summed E-state index contributed by atoms with van der Waals surface area (Å²) in [5.74, 6) is -2.31. The molecule has 0 amide bonds. The standard InChI is InChI=1S/C22H22ClF3N2O3/c1-5-30-21(29)16-12(4)28-15-9-10-27-20(31-11(2)3)18(15)17(16)13-7-6-8-14(19(13)23)22(24,25)26/h6-11,16-17H,5H2,1-4H3. The molecule has 0 saturated carbocycles. The number of aliphatic imine (C=N–C) groups is 1. The topological polar surface area (TPSA) is 60.8 Å². The monoisotopic (exact) mass is 454 g/mol. The largest absolute Gasteiger partial charge is 0.475 e. The highest BCUT2D eigenvalue weighted by Crippen LogP contribution is 2.50. The molecule has 31 heavy (non-hydrogen) atoms. The molecule has 1 aliphatic rings. The van der Waals surface area contributed by atoms with Crippen molar-refractivity contribution in [1.29, 1.82) is 0 Å². The third-order valence-electron chi connectivity index (χ3n) is 4.88. The van der Waals surface area contributed by atoms with Crippen LogP contribution in [0.2, 0.25) is 5.02 Å². The molecule has 0 radical (unpaired) electrons. The van der Waals surface area contributed by atoms with Crippen LogP contribution in [0.3, 0.4) is 0 Å². The van der Waals surface area contributed by atoms with Crippen molar-refractivity contribution in [3.05, 3.63) is 52.2 Å². The molecule has 0 bridgehead atoms. The number of benzene rings is 1. The van der Waals surface area contributed by atoms with Gasteiger partial charge < -0.3 is 9.47 Å². The van der Waals surface area contributed by atoms with Crippen LogP contribution in [0.4, 0.5) is 18.9 Å². The highest BCUT2D eigenvalue weighted by molar-refractivity contribution is 6.32. The van der Waals surface area contributed by atoms with Gasteiger partial charge in [0.2, 0.25) is 5.88 Å². The number of halogens is 4. The second-order valence-electron chi connectivity index (χ2n) is 7.38. The van der Waals surface area contributed by atoms with Gasteiger partial charge in [-0.1, -0.05) is 23.7 Å². The molecule has 1 aromatic carbocycles. The average molecular weight is 455 g/mol. The SMILES string of the molecule is CCOC(=O)C1C(C)=Nc2ccnc(OC(C)C)c2C1c1cccc(C(F)(F)F)c1Cl. The molecular formula is C22H22ClF3N2O3. The smallest absolute Gasteiger partial charge is 0.417 e. The third kappa shape index (κ3) is 4.54. The number of hydrogen-bond donors (Lipinski definition) is 0. The lowest BCUT2D eigenvalue weighted by atomic mass is 9.76. The van der Waals surface area contributed by atoms with Crippen LogP contribution in [0.1, 0.15) is 50.3 Å². The summed E-state index contributed by atoms with van der Waals surface area (Å²) in [4.78, 5) is 21.7. The first kappa shape index (κ1) is 23.1. The Balaban J connectivity index is 2.32. The number of aromatic nitrogens is 1. The average Bonchev–Trinajstić information content (AvgIpc) is 2.66. The number of esters is 1. The van der Waals surface area contributed by atoms with E-state index in [1.54, 1.807) is 33.8 Å². The van der Waals surface area contributed by atoms with Gasteiger partial charge in [-0.05, 0) is 45.4 Å². The quantitative estimate of drug-likeness (QED) is 0.523. The van der Waals surface area contributed by atoms with Crippen LogP contribution in [-0.4, -0.2) is 29.4 Å². The Morgan fingerprint density at radius 2 is 1.97 bits per heavy atom. The van der Waals surface area contributed by atoms with Gasteiger partial charge in [0.15, 0.2) is 0 Å². The number of ether oxygens (including phenoxy) is 2. The van der Waals surface area contributed by atoms with Crippen LogP contribution in [0.15, 0.2) is 35.5 Å². The number of hydrogen-bond acceptors (Lipinski definition) is 5. The second-order valence-corrected chi connectivity index (χ2v) is 7.76. The van der Waals surface area contributed by atoms with Gasteiger partial charge in [-0.25, -0.2) is 4.98 Å². The minimum atomic E-state index is -4.65. The van der Waals surface area contributed by atoms with Crippen molar-refractivity contribution in [2.45, 2.75) is 45.9 Å². The molecule has 1 aromatic heterocycles. The fraction of sp³-hybridized carbons (Fsp3) is 0.409. The third-order valence-corrected chi connectivity index (χ3v) is 5.30. The van der Waals surface area contributed by atoms with Gasteiger partial charge in [0.05, 0.1) is 29.0 Å². The maximum absolute atomic E-state index is 13.6. The van der Waals surface area contributed by atoms with Gasteiger partial charge in [-0.3, -0.25) is 9.79 Å². The minimum Gasteiger partial charge on any atom is -0.475 e. The molecule has 0 fully saturated rings. The Hall–Kier alpha value is -2.61. The Morgan fingerprint density at radius 1 is 1.26 bits per heavy atom. The van der Waals surface area contributed by atoms with E-state index in [2.05, 4.69) is 9.98 Å². The number of alkyl halides is 3. The van der Waals surface area contributed by atoms with E-state index in [1.807, 2.05) is 0 Å². The first-order valence-electron chi connectivity index (χ1n) is 9.79. The first-order valence-corrected chi connectivity index (χ1v) is 10.2. The van der Waals surface area contributed by atoms with Gasteiger partial charge in [0.1, 0.15) is 5.92 Å². The molecule has 2 aromatic rings. The fourth-order valence-electron chi connectivity index (χ4n) is 3.70. The highest BCUT2D eigenvalue weighted by atomic mass is 35.5. The zero-order chi connectivity index (χ0) is 22.9. The van der Waals surface area contributed by atoms with Crippen LogP contribution in [0.25, 0.3) is 0 Å². The molecule has 166 valence electrons. The zero-order valence-corrected chi connectivity index (χ0v) is 18.2. The molecule has 0 saturated heterocycles. The summed E-state index contributed by atoms with van der Waals surface area (Å²) < 4.78 is 51.7. The molecule has 3 rings (SSSR count). The lowest BCUT2D eigenvalue weighted by molar-refractivity contribution is -0.146. The molecule has 0 N–H and O–H groups in total. The van der Waals surface area contributed by atoms with Crippen molar-refractivity contribution >= 4 is 29.0 Å². The Labute approximate surface area is 183 Å². The predicted octanol–water partition coefficient (Wildman–Crippen LogP) is 5.96. The molecule has 0 spiro atoms. The van der Waals surface area contributed by atoms with Crippen molar-refractivity contribution < 1.29 is 27.4 Å². The van der Waals surface area contributed by atoms with E-state index in [0.717, 1.165) is 6.07 Å². The van der Waals surface area contributed by atoms with Crippen molar-refractivity contribution in [3.8, 4) is 5.88 Å². The van der Waals surface area contributed by atoms with E-state index >= 15 is 0 Å². The normalized spacial score (nSPS) is 18.4. The maximum Gasteiger partial charge on any atom is 0.417 e. The molecule has 9 heteroatoms. The molecule has 5 nitrogen and oxygen atoms in total. The Morgan fingerprint density at radius 3 is 2.58 bits per heavy atom. The maximum atomic E-state index is 13.6. The molecular weight excluding hydrogens is 433 g/mol. The Bertz CT molecular complexity index is 1020. The Kier molecular flexibility index (Phi) is 6.59. The van der Waals surface area contributed by atoms with Crippen LogP contribution in [0, 0.1) is 5.92 Å². The van der Waals surface area contributed by atoms with Gasteiger partial charge in [-0.15, -0.1) is 0 Å². The van der Waals surface area contributed by atoms with Crippen molar-refractivity contribution in [3.63, 3.8) is 0 Å². The first-order chi connectivity index (χ1) is 14.6. The van der Waals surface area contributed by atoms with Crippen LogP contribution >= 0.6 is 11.6 Å². The summed E-state index contributed by atoms with van der Waals surface area (Å²) in [5.41, 5.74) is 0.423. The number of nitrogens with zero attached hydrogens (tertiary/aromatic N) is 2. The highest BCUT2D eigenvalue weighted by Gasteiger charge is 2.43. The number of rotatable bonds is 5. The van der Waals surface area contributed by atoms with E-state index in [4.69, 9.17) is 21.1 Å². The second kappa shape index (κ2) is 8.86. The molecule has 2 unspecified atom stereocenters. The van der Waals surface area contributed by atoms with E-state index < -0.39 is 34.6 Å². The summed E-state index contributed by atoms with van der Waals surface area (Å²) in [6, 6.07) is 5.28. The van der Waals surface area contributed by atoms with Crippen molar-refractivity contribution in [1.82, 2.24) is 4.98 Å². The molecule has 1 aliphatic heterocycles. The van der Waals surface area contributed by atoms with Gasteiger partial charge in [0.25, 0.3) is 0 Å². The molecule has 2 heterocycles. The summed E-state index contributed by atoms with van der Waals surface area (Å²) in [7, 11) is 0. The number of fused-ring (bicyclic) bond motifs is 1. The van der Waals surface area contributed by atoms with Crippen molar-refractivity contribution in [2.75, 3.05) is 6.61 Å². The lowest BCUT2D eigenvalue weighted by Crippen LogP contribution is -2.34. The molecule has 2 atom stereocenters.